The molecule has 1 aromatic heterocycles. The molecule has 1 aliphatic rings. The summed E-state index contributed by atoms with van der Waals surface area (Å²) in [4.78, 5) is 0. The Labute approximate surface area is 108 Å². The van der Waals surface area contributed by atoms with E-state index in [0.717, 1.165) is 19.6 Å². The highest BCUT2D eigenvalue weighted by Gasteiger charge is 2.32. The van der Waals surface area contributed by atoms with Gasteiger partial charge in [0.05, 0.1) is 6.20 Å². The molecule has 1 aliphatic carbocycles. The van der Waals surface area contributed by atoms with Gasteiger partial charge >= 0.3 is 0 Å². The highest BCUT2D eigenvalue weighted by atomic mass is 32.2. The molecule has 0 aliphatic heterocycles. The Morgan fingerprint density at radius 1 is 1.47 bits per heavy atom. The summed E-state index contributed by atoms with van der Waals surface area (Å²) in [5.41, 5.74) is 1.29. The van der Waals surface area contributed by atoms with E-state index in [1.807, 2.05) is 22.6 Å². The number of nitrogens with zero attached hydrogens (tertiary/aromatic N) is 2. The van der Waals surface area contributed by atoms with Gasteiger partial charge in [0.15, 0.2) is 0 Å². The number of aromatic nitrogens is 2. The Hall–Kier alpha value is -0.480. The van der Waals surface area contributed by atoms with Gasteiger partial charge < -0.3 is 5.32 Å². The maximum absolute atomic E-state index is 4.29. The van der Waals surface area contributed by atoms with Gasteiger partial charge in [-0.2, -0.15) is 16.9 Å². The van der Waals surface area contributed by atoms with Crippen LogP contribution in [0.5, 0.6) is 0 Å². The predicted molar refractivity (Wildman–Crippen MR) is 74.3 cm³/mol. The highest BCUT2D eigenvalue weighted by Crippen LogP contribution is 2.39. The van der Waals surface area contributed by atoms with Crippen LogP contribution in [-0.4, -0.2) is 27.3 Å². The molecular formula is C13H23N3S. The minimum atomic E-state index is 0.501. The number of hydrogen-bond acceptors (Lipinski definition) is 3. The highest BCUT2D eigenvalue weighted by molar-refractivity contribution is 8.00. The zero-order chi connectivity index (χ0) is 12.1. The van der Waals surface area contributed by atoms with Crippen LogP contribution < -0.4 is 5.32 Å². The number of thioether (sulfide) groups is 1. The number of nitrogens with one attached hydrogen (secondary N) is 1. The van der Waals surface area contributed by atoms with Gasteiger partial charge in [-0.15, -0.1) is 0 Å². The van der Waals surface area contributed by atoms with E-state index < -0.39 is 0 Å². The van der Waals surface area contributed by atoms with Crippen molar-refractivity contribution in [3.63, 3.8) is 0 Å². The molecule has 0 saturated heterocycles. The first-order valence-corrected chi connectivity index (χ1v) is 7.78. The third kappa shape index (κ3) is 3.26. The van der Waals surface area contributed by atoms with E-state index in [1.165, 1.54) is 31.2 Å². The molecule has 3 nitrogen and oxygen atoms in total. The lowest BCUT2D eigenvalue weighted by Crippen LogP contribution is -2.34. The zero-order valence-electron chi connectivity index (χ0n) is 10.9. The summed E-state index contributed by atoms with van der Waals surface area (Å²) in [5.74, 6) is 0. The molecule has 0 radical (unpaired) electrons. The van der Waals surface area contributed by atoms with Crippen molar-refractivity contribution in [3.05, 3.63) is 18.0 Å². The Balaban J connectivity index is 1.78. The summed E-state index contributed by atoms with van der Waals surface area (Å²) in [7, 11) is 0. The number of hydrogen-bond donors (Lipinski definition) is 1. The van der Waals surface area contributed by atoms with Crippen LogP contribution >= 0.6 is 11.8 Å². The van der Waals surface area contributed by atoms with Crippen molar-refractivity contribution >= 4 is 11.8 Å². The molecule has 1 heterocycles. The van der Waals surface area contributed by atoms with E-state index in [0.29, 0.717) is 4.75 Å². The standard InChI is InChI=1S/C13H23N3S/c1-3-16-10-12(9-15-16)8-14-11-13(17-2)6-4-5-7-13/h9-10,14H,3-8,11H2,1-2H3. The lowest BCUT2D eigenvalue weighted by molar-refractivity contribution is 0.533. The summed E-state index contributed by atoms with van der Waals surface area (Å²) in [6.07, 6.45) is 11.9. The SMILES string of the molecule is CCn1cc(CNCC2(SC)CCCC2)cn1. The average Bonchev–Trinajstić information content (AvgIpc) is 2.98. The second-order valence-corrected chi connectivity index (χ2v) is 6.18. The number of aryl methyl sites for hydroxylation is 1. The molecule has 0 unspecified atom stereocenters. The molecule has 0 spiro atoms. The molecule has 1 N–H and O–H groups in total. The van der Waals surface area contributed by atoms with Crippen molar-refractivity contribution in [1.82, 2.24) is 15.1 Å². The summed E-state index contributed by atoms with van der Waals surface area (Å²) in [5, 5.41) is 7.89. The van der Waals surface area contributed by atoms with Crippen LogP contribution in [0.1, 0.15) is 38.2 Å². The molecule has 0 amide bonds. The fourth-order valence-corrected chi connectivity index (χ4v) is 3.52. The molecule has 1 aromatic rings. The minimum Gasteiger partial charge on any atom is -0.311 e. The van der Waals surface area contributed by atoms with Crippen molar-refractivity contribution < 1.29 is 0 Å². The molecule has 4 heteroatoms. The average molecular weight is 253 g/mol. The van der Waals surface area contributed by atoms with Gasteiger partial charge in [0.1, 0.15) is 0 Å². The van der Waals surface area contributed by atoms with Gasteiger partial charge in [0, 0.05) is 36.1 Å². The molecule has 96 valence electrons. The monoisotopic (exact) mass is 253 g/mol. The molecule has 17 heavy (non-hydrogen) atoms. The van der Waals surface area contributed by atoms with Crippen LogP contribution in [0.3, 0.4) is 0 Å². The first-order chi connectivity index (χ1) is 8.28. The lowest BCUT2D eigenvalue weighted by atomic mass is 10.1. The van der Waals surface area contributed by atoms with Gasteiger partial charge in [-0.05, 0) is 26.0 Å². The van der Waals surface area contributed by atoms with Crippen molar-refractivity contribution in [2.75, 3.05) is 12.8 Å². The molecule has 1 saturated carbocycles. The van der Waals surface area contributed by atoms with Crippen LogP contribution in [0.4, 0.5) is 0 Å². The van der Waals surface area contributed by atoms with Gasteiger partial charge in [0.25, 0.3) is 0 Å². The van der Waals surface area contributed by atoms with E-state index in [1.54, 1.807) is 0 Å². The second-order valence-electron chi connectivity index (χ2n) is 4.90. The topological polar surface area (TPSA) is 29.9 Å². The Kier molecular flexibility index (Phi) is 4.51. The van der Waals surface area contributed by atoms with Crippen molar-refractivity contribution in [1.29, 1.82) is 0 Å². The van der Waals surface area contributed by atoms with Crippen LogP contribution in [0.15, 0.2) is 12.4 Å². The quantitative estimate of drug-likeness (QED) is 0.845. The maximum atomic E-state index is 4.29. The zero-order valence-corrected chi connectivity index (χ0v) is 11.7. The second kappa shape index (κ2) is 5.91. The Bertz CT molecular complexity index is 342. The van der Waals surface area contributed by atoms with Gasteiger partial charge in [-0.3, -0.25) is 4.68 Å². The van der Waals surface area contributed by atoms with E-state index in [2.05, 4.69) is 29.8 Å². The third-order valence-electron chi connectivity index (χ3n) is 3.73. The van der Waals surface area contributed by atoms with Crippen molar-refractivity contribution in [3.8, 4) is 0 Å². The predicted octanol–water partition coefficient (Wildman–Crippen LogP) is 2.67. The molecular weight excluding hydrogens is 230 g/mol. The maximum Gasteiger partial charge on any atom is 0.0534 e. The largest absolute Gasteiger partial charge is 0.311 e. The third-order valence-corrected chi connectivity index (χ3v) is 5.15. The van der Waals surface area contributed by atoms with Gasteiger partial charge in [-0.1, -0.05) is 12.8 Å². The van der Waals surface area contributed by atoms with E-state index >= 15 is 0 Å². The molecule has 2 rings (SSSR count). The first-order valence-electron chi connectivity index (χ1n) is 6.55. The van der Waals surface area contributed by atoms with Gasteiger partial charge in [0.2, 0.25) is 0 Å². The fourth-order valence-electron chi connectivity index (χ4n) is 2.58. The van der Waals surface area contributed by atoms with E-state index in [4.69, 9.17) is 0 Å². The summed E-state index contributed by atoms with van der Waals surface area (Å²) >= 11 is 2.04. The van der Waals surface area contributed by atoms with Gasteiger partial charge in [-0.25, -0.2) is 0 Å². The van der Waals surface area contributed by atoms with Crippen LogP contribution in [-0.2, 0) is 13.1 Å². The first kappa shape index (κ1) is 13.0. The molecule has 0 atom stereocenters. The smallest absolute Gasteiger partial charge is 0.0534 e. The van der Waals surface area contributed by atoms with Crippen LogP contribution in [0.2, 0.25) is 0 Å². The Morgan fingerprint density at radius 3 is 2.82 bits per heavy atom. The summed E-state index contributed by atoms with van der Waals surface area (Å²) in [6.45, 7) is 5.15. The van der Waals surface area contributed by atoms with Crippen LogP contribution in [0, 0.1) is 0 Å². The number of rotatable bonds is 6. The van der Waals surface area contributed by atoms with Crippen molar-refractivity contribution in [2.24, 2.45) is 0 Å². The molecule has 1 fully saturated rings. The van der Waals surface area contributed by atoms with Crippen molar-refractivity contribution in [2.45, 2.75) is 50.4 Å². The van der Waals surface area contributed by atoms with Crippen LogP contribution in [0.25, 0.3) is 0 Å². The lowest BCUT2D eigenvalue weighted by Gasteiger charge is -2.26. The van der Waals surface area contributed by atoms with E-state index in [9.17, 15) is 0 Å². The fraction of sp³-hybridized carbons (Fsp3) is 0.769. The molecule has 0 bridgehead atoms. The normalized spacial score (nSPS) is 18.7. The Morgan fingerprint density at radius 2 is 2.24 bits per heavy atom. The molecule has 0 aromatic carbocycles. The van der Waals surface area contributed by atoms with E-state index in [-0.39, 0.29) is 0 Å². The summed E-state index contributed by atoms with van der Waals surface area (Å²) < 4.78 is 2.48. The summed E-state index contributed by atoms with van der Waals surface area (Å²) in [6, 6.07) is 0. The minimum absolute atomic E-state index is 0.501.